The number of sulfonamides is 1. The Labute approximate surface area is 117 Å². The van der Waals surface area contributed by atoms with Crippen LogP contribution >= 0.6 is 0 Å². The van der Waals surface area contributed by atoms with E-state index in [1.807, 2.05) is 0 Å². The van der Waals surface area contributed by atoms with Gasteiger partial charge in [-0.1, -0.05) is 19.1 Å². The Kier molecular flexibility index (Phi) is 5.61. The molecule has 1 unspecified atom stereocenters. The third-order valence-corrected chi connectivity index (χ3v) is 4.52. The van der Waals surface area contributed by atoms with Crippen LogP contribution in [0.15, 0.2) is 23.1 Å². The summed E-state index contributed by atoms with van der Waals surface area (Å²) in [4.78, 5) is 9.93. The van der Waals surface area contributed by atoms with Gasteiger partial charge in [0.1, 0.15) is 0 Å². The number of aryl methyl sites for hydroxylation is 1. The topological polar surface area (TPSA) is 110 Å². The average molecular weight is 302 g/mol. The maximum atomic E-state index is 12.2. The molecule has 0 bridgehead atoms. The standard InChI is InChI=1S/C12H18N2O5S/c1-9(6-7-15)8-13-20(18,19)12-10(2)4-3-5-11(12)14(16)17/h3-5,9,13,15H,6-8H2,1-2H3. The normalized spacial score (nSPS) is 13.2. The molecular formula is C12H18N2O5S. The fourth-order valence-corrected chi connectivity index (χ4v) is 3.34. The lowest BCUT2D eigenvalue weighted by molar-refractivity contribution is -0.387. The summed E-state index contributed by atoms with van der Waals surface area (Å²) in [5, 5.41) is 19.7. The van der Waals surface area contributed by atoms with Crippen molar-refractivity contribution in [2.24, 2.45) is 5.92 Å². The van der Waals surface area contributed by atoms with E-state index in [0.29, 0.717) is 12.0 Å². The molecule has 1 rings (SSSR count). The Hall–Kier alpha value is -1.51. The molecule has 0 amide bonds. The molecule has 112 valence electrons. The summed E-state index contributed by atoms with van der Waals surface area (Å²) in [6, 6.07) is 4.12. The van der Waals surface area contributed by atoms with E-state index in [2.05, 4.69) is 4.72 Å². The van der Waals surface area contributed by atoms with E-state index in [4.69, 9.17) is 5.11 Å². The second kappa shape index (κ2) is 6.78. The van der Waals surface area contributed by atoms with Crippen LogP contribution in [0.25, 0.3) is 0 Å². The van der Waals surface area contributed by atoms with Crippen LogP contribution in [0.5, 0.6) is 0 Å². The van der Waals surface area contributed by atoms with Crippen molar-refractivity contribution in [1.82, 2.24) is 4.72 Å². The summed E-state index contributed by atoms with van der Waals surface area (Å²) in [5.74, 6) is -0.0575. The highest BCUT2D eigenvalue weighted by atomic mass is 32.2. The number of rotatable bonds is 7. The molecule has 1 atom stereocenters. The first-order chi connectivity index (χ1) is 9.29. The molecular weight excluding hydrogens is 284 g/mol. The van der Waals surface area contributed by atoms with Crippen LogP contribution in [0, 0.1) is 23.0 Å². The van der Waals surface area contributed by atoms with Crippen LogP contribution in [0.4, 0.5) is 5.69 Å². The van der Waals surface area contributed by atoms with Crippen molar-refractivity contribution in [2.75, 3.05) is 13.2 Å². The predicted octanol–water partition coefficient (Wildman–Crippen LogP) is 1.20. The molecule has 0 heterocycles. The molecule has 20 heavy (non-hydrogen) atoms. The third kappa shape index (κ3) is 3.99. The highest BCUT2D eigenvalue weighted by molar-refractivity contribution is 7.89. The summed E-state index contributed by atoms with van der Waals surface area (Å²) < 4.78 is 26.8. The molecule has 1 aromatic rings. The van der Waals surface area contributed by atoms with Crippen molar-refractivity contribution < 1.29 is 18.4 Å². The average Bonchev–Trinajstić information content (AvgIpc) is 2.36. The minimum Gasteiger partial charge on any atom is -0.396 e. The molecule has 0 aliphatic rings. The van der Waals surface area contributed by atoms with Gasteiger partial charge in [0.05, 0.1) is 4.92 Å². The van der Waals surface area contributed by atoms with Gasteiger partial charge in [0, 0.05) is 19.2 Å². The largest absolute Gasteiger partial charge is 0.396 e. The van der Waals surface area contributed by atoms with E-state index in [-0.39, 0.29) is 24.0 Å². The van der Waals surface area contributed by atoms with Gasteiger partial charge in [0.2, 0.25) is 10.0 Å². The molecule has 2 N–H and O–H groups in total. The lowest BCUT2D eigenvalue weighted by atomic mass is 10.1. The third-order valence-electron chi connectivity index (χ3n) is 2.90. The Morgan fingerprint density at radius 2 is 2.10 bits per heavy atom. The van der Waals surface area contributed by atoms with E-state index < -0.39 is 20.6 Å². The Morgan fingerprint density at radius 1 is 1.45 bits per heavy atom. The highest BCUT2D eigenvalue weighted by Crippen LogP contribution is 2.26. The minimum atomic E-state index is -3.95. The van der Waals surface area contributed by atoms with Gasteiger partial charge in [-0.2, -0.15) is 0 Å². The number of nitrogens with one attached hydrogen (secondary N) is 1. The van der Waals surface area contributed by atoms with Gasteiger partial charge in [-0.25, -0.2) is 13.1 Å². The van der Waals surface area contributed by atoms with Crippen LogP contribution in [-0.4, -0.2) is 31.6 Å². The quantitative estimate of drug-likeness (QED) is 0.581. The second-order valence-corrected chi connectivity index (χ2v) is 6.35. The van der Waals surface area contributed by atoms with Crippen LogP contribution in [-0.2, 0) is 10.0 Å². The number of nitro groups is 1. The van der Waals surface area contributed by atoms with Gasteiger partial charge in [-0.15, -0.1) is 0 Å². The van der Waals surface area contributed by atoms with Gasteiger partial charge < -0.3 is 5.11 Å². The monoisotopic (exact) mass is 302 g/mol. The smallest absolute Gasteiger partial charge is 0.289 e. The van der Waals surface area contributed by atoms with Gasteiger partial charge in [-0.05, 0) is 24.8 Å². The van der Waals surface area contributed by atoms with E-state index in [1.165, 1.54) is 25.1 Å². The van der Waals surface area contributed by atoms with Crippen LogP contribution < -0.4 is 4.72 Å². The number of aliphatic hydroxyl groups is 1. The predicted molar refractivity (Wildman–Crippen MR) is 73.9 cm³/mol. The summed E-state index contributed by atoms with van der Waals surface area (Å²) in [7, 11) is -3.95. The first-order valence-electron chi connectivity index (χ1n) is 6.14. The van der Waals surface area contributed by atoms with Crippen LogP contribution in [0.2, 0.25) is 0 Å². The zero-order chi connectivity index (χ0) is 15.3. The van der Waals surface area contributed by atoms with Gasteiger partial charge in [0.25, 0.3) is 5.69 Å². The number of hydrogen-bond donors (Lipinski definition) is 2. The molecule has 8 heteroatoms. The second-order valence-electron chi connectivity index (χ2n) is 4.65. The summed E-state index contributed by atoms with van der Waals surface area (Å²) >= 11 is 0. The Balaban J connectivity index is 3.07. The number of nitrogens with zero attached hydrogens (tertiary/aromatic N) is 1. The lowest BCUT2D eigenvalue weighted by Crippen LogP contribution is -2.29. The van der Waals surface area contributed by atoms with Crippen LogP contribution in [0.3, 0.4) is 0 Å². The number of nitro benzene ring substituents is 1. The fourth-order valence-electron chi connectivity index (χ4n) is 1.78. The highest BCUT2D eigenvalue weighted by Gasteiger charge is 2.27. The van der Waals surface area contributed by atoms with Gasteiger partial charge in [0.15, 0.2) is 4.90 Å². The molecule has 0 aliphatic carbocycles. The van der Waals surface area contributed by atoms with Crippen LogP contribution in [0.1, 0.15) is 18.9 Å². The van der Waals surface area contributed by atoms with Crippen molar-refractivity contribution in [3.63, 3.8) is 0 Å². The van der Waals surface area contributed by atoms with Crippen molar-refractivity contribution in [3.05, 3.63) is 33.9 Å². The van der Waals surface area contributed by atoms with E-state index in [1.54, 1.807) is 6.92 Å². The number of aliphatic hydroxyl groups excluding tert-OH is 1. The van der Waals surface area contributed by atoms with Crippen molar-refractivity contribution in [3.8, 4) is 0 Å². The van der Waals surface area contributed by atoms with E-state index >= 15 is 0 Å². The van der Waals surface area contributed by atoms with E-state index in [9.17, 15) is 18.5 Å². The lowest BCUT2D eigenvalue weighted by Gasteiger charge is -2.13. The molecule has 0 radical (unpaired) electrons. The zero-order valence-electron chi connectivity index (χ0n) is 11.4. The maximum Gasteiger partial charge on any atom is 0.289 e. The molecule has 0 aromatic heterocycles. The first kappa shape index (κ1) is 16.5. The maximum absolute atomic E-state index is 12.2. The van der Waals surface area contributed by atoms with Crippen molar-refractivity contribution in [2.45, 2.75) is 25.2 Å². The van der Waals surface area contributed by atoms with E-state index in [0.717, 1.165) is 0 Å². The molecule has 0 spiro atoms. The number of benzene rings is 1. The first-order valence-corrected chi connectivity index (χ1v) is 7.62. The summed E-state index contributed by atoms with van der Waals surface area (Å²) in [6.07, 6.45) is 0.457. The molecule has 0 fully saturated rings. The number of hydrogen-bond acceptors (Lipinski definition) is 5. The zero-order valence-corrected chi connectivity index (χ0v) is 12.2. The summed E-state index contributed by atoms with van der Waals surface area (Å²) in [6.45, 7) is 3.38. The van der Waals surface area contributed by atoms with Crippen molar-refractivity contribution in [1.29, 1.82) is 0 Å². The van der Waals surface area contributed by atoms with Crippen molar-refractivity contribution >= 4 is 15.7 Å². The molecule has 0 aliphatic heterocycles. The SMILES string of the molecule is Cc1cccc([N+](=O)[O-])c1S(=O)(=O)NCC(C)CCO. The molecule has 7 nitrogen and oxygen atoms in total. The van der Waals surface area contributed by atoms with Gasteiger partial charge >= 0.3 is 0 Å². The van der Waals surface area contributed by atoms with Gasteiger partial charge in [-0.3, -0.25) is 10.1 Å². The minimum absolute atomic E-state index is 0.0343. The molecule has 0 saturated carbocycles. The molecule has 1 aromatic carbocycles. The Morgan fingerprint density at radius 3 is 2.65 bits per heavy atom. The summed E-state index contributed by atoms with van der Waals surface area (Å²) in [5.41, 5.74) is -0.117. The fraction of sp³-hybridized carbons (Fsp3) is 0.500. The molecule has 0 saturated heterocycles. The Bertz CT molecular complexity index is 586.